The third-order valence-electron chi connectivity index (χ3n) is 3.63. The summed E-state index contributed by atoms with van der Waals surface area (Å²) in [6.07, 6.45) is 2.64. The zero-order chi connectivity index (χ0) is 12.6. The predicted octanol–water partition coefficient (Wildman–Crippen LogP) is 1.96. The molecule has 3 unspecified atom stereocenters. The summed E-state index contributed by atoms with van der Waals surface area (Å²) in [4.78, 5) is 0. The zero-order valence-corrected chi connectivity index (χ0v) is 11.7. The van der Waals surface area contributed by atoms with Gasteiger partial charge in [-0.3, -0.25) is 0 Å². The summed E-state index contributed by atoms with van der Waals surface area (Å²) < 4.78 is 24.3. The molecule has 96 valence electrons. The largest absolute Gasteiger partial charge is 0.325 e. The van der Waals surface area contributed by atoms with E-state index in [0.29, 0.717) is 11.8 Å². The summed E-state index contributed by atoms with van der Waals surface area (Å²) in [5.74, 6) is 1.26. The Balaban J connectivity index is 2.71. The van der Waals surface area contributed by atoms with Gasteiger partial charge in [-0.1, -0.05) is 13.8 Å². The van der Waals surface area contributed by atoms with E-state index in [1.165, 1.54) is 0 Å². The number of sulfone groups is 1. The van der Waals surface area contributed by atoms with Gasteiger partial charge in [0.15, 0.2) is 9.84 Å². The molecule has 1 fully saturated rings. The molecule has 0 radical (unpaired) electrons. The van der Waals surface area contributed by atoms with Crippen LogP contribution in [0.4, 0.5) is 0 Å². The van der Waals surface area contributed by atoms with Crippen LogP contribution in [0.15, 0.2) is 0 Å². The van der Waals surface area contributed by atoms with Crippen molar-refractivity contribution in [2.75, 3.05) is 5.75 Å². The van der Waals surface area contributed by atoms with E-state index in [-0.39, 0.29) is 11.0 Å². The Labute approximate surface area is 99.7 Å². The first-order valence-electron chi connectivity index (χ1n) is 6.12. The highest BCUT2D eigenvalue weighted by atomic mass is 32.2. The van der Waals surface area contributed by atoms with Crippen LogP contribution in [0.5, 0.6) is 0 Å². The topological polar surface area (TPSA) is 60.2 Å². The Morgan fingerprint density at radius 2 is 1.75 bits per heavy atom. The lowest BCUT2D eigenvalue weighted by molar-refractivity contribution is 0.277. The van der Waals surface area contributed by atoms with E-state index in [0.717, 1.165) is 19.3 Å². The van der Waals surface area contributed by atoms with E-state index in [1.807, 2.05) is 0 Å². The SMILES string of the molecule is CC1CCC(S(=O)(=O)CC(C)(C)N)CC1C. The molecule has 0 aromatic heterocycles. The molecule has 0 aliphatic heterocycles. The maximum absolute atomic E-state index is 12.2. The smallest absolute Gasteiger partial charge is 0.154 e. The van der Waals surface area contributed by atoms with Crippen LogP contribution in [0.3, 0.4) is 0 Å². The molecule has 1 aliphatic rings. The van der Waals surface area contributed by atoms with Gasteiger partial charge >= 0.3 is 0 Å². The second kappa shape index (κ2) is 4.65. The normalized spacial score (nSPS) is 32.7. The maximum Gasteiger partial charge on any atom is 0.154 e. The first kappa shape index (κ1) is 14.0. The van der Waals surface area contributed by atoms with Crippen LogP contribution >= 0.6 is 0 Å². The summed E-state index contributed by atoms with van der Waals surface area (Å²) >= 11 is 0. The minimum absolute atomic E-state index is 0.103. The second-order valence-corrected chi connectivity index (χ2v) is 8.47. The molecule has 4 heteroatoms. The lowest BCUT2D eigenvalue weighted by Gasteiger charge is -2.33. The minimum Gasteiger partial charge on any atom is -0.325 e. The summed E-state index contributed by atoms with van der Waals surface area (Å²) in [5, 5.41) is -0.165. The highest BCUT2D eigenvalue weighted by Gasteiger charge is 2.35. The first-order chi connectivity index (χ1) is 7.12. The molecule has 0 heterocycles. The van der Waals surface area contributed by atoms with Crippen LogP contribution in [0, 0.1) is 11.8 Å². The van der Waals surface area contributed by atoms with Crippen molar-refractivity contribution in [1.29, 1.82) is 0 Å². The number of hydrogen-bond donors (Lipinski definition) is 1. The molecule has 0 bridgehead atoms. The molecule has 3 atom stereocenters. The van der Waals surface area contributed by atoms with Crippen molar-refractivity contribution in [2.45, 2.75) is 57.7 Å². The standard InChI is InChI=1S/C12H25NO2S/c1-9-5-6-11(7-10(9)2)16(14,15)8-12(3,4)13/h9-11H,5-8,13H2,1-4H3. The molecule has 1 rings (SSSR count). The Morgan fingerprint density at radius 3 is 2.19 bits per heavy atom. The Morgan fingerprint density at radius 1 is 1.19 bits per heavy atom. The third kappa shape index (κ3) is 3.74. The zero-order valence-electron chi connectivity index (χ0n) is 10.9. The van der Waals surface area contributed by atoms with E-state index >= 15 is 0 Å². The lowest BCUT2D eigenvalue weighted by atomic mass is 9.81. The highest BCUT2D eigenvalue weighted by molar-refractivity contribution is 7.92. The van der Waals surface area contributed by atoms with E-state index in [2.05, 4.69) is 13.8 Å². The Bertz CT molecular complexity index is 329. The van der Waals surface area contributed by atoms with Gasteiger partial charge in [0.25, 0.3) is 0 Å². The Hall–Kier alpha value is -0.0900. The van der Waals surface area contributed by atoms with E-state index < -0.39 is 15.4 Å². The molecule has 0 amide bonds. The van der Waals surface area contributed by atoms with Crippen molar-refractivity contribution in [3.05, 3.63) is 0 Å². The molecule has 0 saturated heterocycles. The number of rotatable bonds is 3. The number of nitrogens with two attached hydrogens (primary N) is 1. The maximum atomic E-state index is 12.2. The molecule has 0 aromatic carbocycles. The molecular weight excluding hydrogens is 222 g/mol. The minimum atomic E-state index is -3.02. The van der Waals surface area contributed by atoms with Crippen LogP contribution in [0.1, 0.15) is 47.0 Å². The van der Waals surface area contributed by atoms with Crippen molar-refractivity contribution in [3.63, 3.8) is 0 Å². The van der Waals surface area contributed by atoms with Gasteiger partial charge in [-0.2, -0.15) is 0 Å². The van der Waals surface area contributed by atoms with Gasteiger partial charge in [0.05, 0.1) is 11.0 Å². The van der Waals surface area contributed by atoms with Crippen LogP contribution in [-0.4, -0.2) is 25.0 Å². The fraction of sp³-hybridized carbons (Fsp3) is 1.00. The molecular formula is C12H25NO2S. The van der Waals surface area contributed by atoms with Crippen LogP contribution < -0.4 is 5.73 Å². The quantitative estimate of drug-likeness (QED) is 0.829. The van der Waals surface area contributed by atoms with E-state index in [9.17, 15) is 8.42 Å². The van der Waals surface area contributed by atoms with Gasteiger partial charge in [0.2, 0.25) is 0 Å². The van der Waals surface area contributed by atoms with Gasteiger partial charge in [-0.15, -0.1) is 0 Å². The average molecular weight is 247 g/mol. The van der Waals surface area contributed by atoms with Gasteiger partial charge in [-0.25, -0.2) is 8.42 Å². The summed E-state index contributed by atoms with van der Waals surface area (Å²) in [6, 6.07) is 0. The third-order valence-corrected chi connectivity index (χ3v) is 6.22. The molecule has 3 nitrogen and oxygen atoms in total. The van der Waals surface area contributed by atoms with Gasteiger partial charge in [0.1, 0.15) is 0 Å². The fourth-order valence-corrected chi connectivity index (χ4v) is 4.83. The van der Waals surface area contributed by atoms with Gasteiger partial charge in [-0.05, 0) is 44.9 Å². The molecule has 0 spiro atoms. The molecule has 16 heavy (non-hydrogen) atoms. The average Bonchev–Trinajstić information content (AvgIpc) is 2.05. The summed E-state index contributed by atoms with van der Waals surface area (Å²) in [7, 11) is -3.02. The summed E-state index contributed by atoms with van der Waals surface area (Å²) in [6.45, 7) is 7.92. The second-order valence-electron chi connectivity index (χ2n) is 6.19. The summed E-state index contributed by atoms with van der Waals surface area (Å²) in [5.41, 5.74) is 5.19. The lowest BCUT2D eigenvalue weighted by Crippen LogP contribution is -2.44. The number of hydrogen-bond acceptors (Lipinski definition) is 3. The van der Waals surface area contributed by atoms with E-state index in [1.54, 1.807) is 13.8 Å². The molecule has 0 aromatic rings. The molecule has 2 N–H and O–H groups in total. The predicted molar refractivity (Wildman–Crippen MR) is 68.0 cm³/mol. The highest BCUT2D eigenvalue weighted by Crippen LogP contribution is 2.33. The molecule has 1 saturated carbocycles. The van der Waals surface area contributed by atoms with Crippen LogP contribution in [0.25, 0.3) is 0 Å². The van der Waals surface area contributed by atoms with Crippen molar-refractivity contribution in [2.24, 2.45) is 17.6 Å². The molecule has 1 aliphatic carbocycles. The fourth-order valence-electron chi connectivity index (χ4n) is 2.46. The van der Waals surface area contributed by atoms with Crippen LogP contribution in [-0.2, 0) is 9.84 Å². The van der Waals surface area contributed by atoms with Gasteiger partial charge in [0, 0.05) is 5.54 Å². The van der Waals surface area contributed by atoms with Crippen molar-refractivity contribution in [1.82, 2.24) is 0 Å². The van der Waals surface area contributed by atoms with Crippen molar-refractivity contribution >= 4 is 9.84 Å². The first-order valence-corrected chi connectivity index (χ1v) is 7.84. The van der Waals surface area contributed by atoms with E-state index in [4.69, 9.17) is 5.73 Å². The van der Waals surface area contributed by atoms with Gasteiger partial charge < -0.3 is 5.73 Å². The monoisotopic (exact) mass is 247 g/mol. The van der Waals surface area contributed by atoms with Crippen LogP contribution in [0.2, 0.25) is 0 Å². The van der Waals surface area contributed by atoms with Crippen molar-refractivity contribution < 1.29 is 8.42 Å². The Kier molecular flexibility index (Phi) is 4.06. The van der Waals surface area contributed by atoms with Crippen molar-refractivity contribution in [3.8, 4) is 0 Å².